The molecule has 1 rings (SSSR count). The lowest BCUT2D eigenvalue weighted by Crippen LogP contribution is -2.02. The summed E-state index contributed by atoms with van der Waals surface area (Å²) in [5, 5.41) is 9.58. The molecule has 3 nitrogen and oxygen atoms in total. The van der Waals surface area contributed by atoms with Crippen molar-refractivity contribution >= 4 is 0 Å². The number of aromatic hydroxyl groups is 1. The highest BCUT2D eigenvalue weighted by atomic mass is 16.5. The van der Waals surface area contributed by atoms with Crippen LogP contribution in [-0.2, 0) is 11.3 Å². The highest BCUT2D eigenvalue weighted by molar-refractivity contribution is 5.39. The molecule has 0 heterocycles. The first-order valence-electron chi connectivity index (χ1n) is 4.61. The maximum atomic E-state index is 9.58. The molecule has 1 aromatic rings. The quantitative estimate of drug-likeness (QED) is 0.803. The molecule has 0 aromatic heterocycles. The van der Waals surface area contributed by atoms with Gasteiger partial charge in [-0.3, -0.25) is 0 Å². The molecule has 0 radical (unpaired) electrons. The van der Waals surface area contributed by atoms with Crippen LogP contribution in [0.15, 0.2) is 18.2 Å². The van der Waals surface area contributed by atoms with Crippen LogP contribution in [0.3, 0.4) is 0 Å². The molecule has 0 aliphatic carbocycles. The van der Waals surface area contributed by atoms with Gasteiger partial charge in [-0.15, -0.1) is 0 Å². The van der Waals surface area contributed by atoms with Crippen LogP contribution in [0.2, 0.25) is 0 Å². The Hall–Kier alpha value is -1.22. The van der Waals surface area contributed by atoms with Gasteiger partial charge in [-0.25, -0.2) is 0 Å². The standard InChI is InChI=1S/C11H16O3/c1-8(2)14-7-9-4-5-10(13-3)6-11(9)12/h4-6,8,12H,7H2,1-3H3. The van der Waals surface area contributed by atoms with Gasteiger partial charge in [0.1, 0.15) is 11.5 Å². The van der Waals surface area contributed by atoms with Crippen molar-refractivity contribution in [2.75, 3.05) is 7.11 Å². The third-order valence-corrected chi connectivity index (χ3v) is 1.86. The van der Waals surface area contributed by atoms with E-state index in [0.29, 0.717) is 12.4 Å². The molecule has 1 N–H and O–H groups in total. The van der Waals surface area contributed by atoms with Crippen molar-refractivity contribution in [3.8, 4) is 11.5 Å². The van der Waals surface area contributed by atoms with E-state index in [1.54, 1.807) is 25.3 Å². The lowest BCUT2D eigenvalue weighted by atomic mass is 10.2. The fourth-order valence-electron chi connectivity index (χ4n) is 1.05. The van der Waals surface area contributed by atoms with Gasteiger partial charge in [0.15, 0.2) is 0 Å². The lowest BCUT2D eigenvalue weighted by molar-refractivity contribution is 0.0645. The van der Waals surface area contributed by atoms with Crippen LogP contribution in [0.25, 0.3) is 0 Å². The van der Waals surface area contributed by atoms with Gasteiger partial charge in [0.2, 0.25) is 0 Å². The molecule has 0 unspecified atom stereocenters. The zero-order chi connectivity index (χ0) is 10.6. The Kier molecular flexibility index (Phi) is 3.77. The minimum atomic E-state index is 0.163. The number of benzene rings is 1. The van der Waals surface area contributed by atoms with Crippen LogP contribution < -0.4 is 4.74 Å². The van der Waals surface area contributed by atoms with E-state index in [2.05, 4.69) is 0 Å². The van der Waals surface area contributed by atoms with E-state index < -0.39 is 0 Å². The van der Waals surface area contributed by atoms with Crippen molar-refractivity contribution in [2.24, 2.45) is 0 Å². The fourth-order valence-corrected chi connectivity index (χ4v) is 1.05. The monoisotopic (exact) mass is 196 g/mol. The van der Waals surface area contributed by atoms with Crippen LogP contribution in [0.5, 0.6) is 11.5 Å². The number of phenolic OH excluding ortho intramolecular Hbond substituents is 1. The Bertz CT molecular complexity index is 295. The zero-order valence-electron chi connectivity index (χ0n) is 8.78. The van der Waals surface area contributed by atoms with E-state index in [1.807, 2.05) is 13.8 Å². The molecule has 0 bridgehead atoms. The summed E-state index contributed by atoms with van der Waals surface area (Å²) in [7, 11) is 1.57. The average Bonchev–Trinajstić information content (AvgIpc) is 2.15. The van der Waals surface area contributed by atoms with Crippen LogP contribution in [0, 0.1) is 0 Å². The Balaban J connectivity index is 2.69. The van der Waals surface area contributed by atoms with Crippen LogP contribution in [0.1, 0.15) is 19.4 Å². The molecule has 0 saturated heterocycles. The predicted octanol–water partition coefficient (Wildman–Crippen LogP) is 2.33. The third-order valence-electron chi connectivity index (χ3n) is 1.86. The second-order valence-electron chi connectivity index (χ2n) is 3.35. The van der Waals surface area contributed by atoms with Crippen molar-refractivity contribution in [3.63, 3.8) is 0 Å². The molecular weight excluding hydrogens is 180 g/mol. The number of methoxy groups -OCH3 is 1. The average molecular weight is 196 g/mol. The summed E-state index contributed by atoms with van der Waals surface area (Å²) in [5.41, 5.74) is 0.777. The van der Waals surface area contributed by atoms with Crippen molar-refractivity contribution < 1.29 is 14.6 Å². The van der Waals surface area contributed by atoms with E-state index in [-0.39, 0.29) is 11.9 Å². The van der Waals surface area contributed by atoms with Crippen molar-refractivity contribution in [1.29, 1.82) is 0 Å². The van der Waals surface area contributed by atoms with Gasteiger partial charge in [0.05, 0.1) is 19.8 Å². The third kappa shape index (κ3) is 2.92. The van der Waals surface area contributed by atoms with Gasteiger partial charge in [-0.1, -0.05) is 0 Å². The van der Waals surface area contributed by atoms with Crippen molar-refractivity contribution in [1.82, 2.24) is 0 Å². The van der Waals surface area contributed by atoms with E-state index >= 15 is 0 Å². The number of phenols is 1. The maximum Gasteiger partial charge on any atom is 0.124 e. The smallest absolute Gasteiger partial charge is 0.124 e. The van der Waals surface area contributed by atoms with Gasteiger partial charge in [0.25, 0.3) is 0 Å². The number of hydrogen-bond donors (Lipinski definition) is 1. The number of ether oxygens (including phenoxy) is 2. The molecule has 0 spiro atoms. The Morgan fingerprint density at radius 3 is 2.57 bits per heavy atom. The molecule has 3 heteroatoms. The van der Waals surface area contributed by atoms with Gasteiger partial charge < -0.3 is 14.6 Å². The van der Waals surface area contributed by atoms with E-state index in [0.717, 1.165) is 5.56 Å². The van der Waals surface area contributed by atoms with Crippen LogP contribution in [-0.4, -0.2) is 18.3 Å². The summed E-state index contributed by atoms with van der Waals surface area (Å²) in [5.74, 6) is 0.862. The number of rotatable bonds is 4. The molecule has 0 aliphatic rings. The largest absolute Gasteiger partial charge is 0.507 e. The normalized spacial score (nSPS) is 10.6. The highest BCUT2D eigenvalue weighted by Crippen LogP contribution is 2.24. The van der Waals surface area contributed by atoms with Gasteiger partial charge in [-0.05, 0) is 26.0 Å². The fraction of sp³-hybridized carbons (Fsp3) is 0.455. The second kappa shape index (κ2) is 4.86. The summed E-state index contributed by atoms with van der Waals surface area (Å²) >= 11 is 0. The molecule has 0 amide bonds. The van der Waals surface area contributed by atoms with E-state index in [4.69, 9.17) is 9.47 Å². The molecule has 1 aromatic carbocycles. The first-order valence-corrected chi connectivity index (χ1v) is 4.61. The van der Waals surface area contributed by atoms with E-state index in [1.165, 1.54) is 0 Å². The zero-order valence-corrected chi connectivity index (χ0v) is 8.78. The van der Waals surface area contributed by atoms with Crippen molar-refractivity contribution in [3.05, 3.63) is 23.8 Å². The summed E-state index contributed by atoms with van der Waals surface area (Å²) in [6.07, 6.45) is 0.163. The highest BCUT2D eigenvalue weighted by Gasteiger charge is 2.03. The Labute approximate surface area is 84.3 Å². The molecule has 14 heavy (non-hydrogen) atoms. The predicted molar refractivity (Wildman–Crippen MR) is 54.6 cm³/mol. The van der Waals surface area contributed by atoms with Crippen molar-refractivity contribution in [2.45, 2.75) is 26.6 Å². The first-order chi connectivity index (χ1) is 6.63. The molecular formula is C11H16O3. The Morgan fingerprint density at radius 2 is 2.07 bits per heavy atom. The SMILES string of the molecule is COc1ccc(COC(C)C)c(O)c1. The molecule has 78 valence electrons. The molecule has 0 aliphatic heterocycles. The summed E-state index contributed by atoms with van der Waals surface area (Å²) < 4.78 is 10.4. The first kappa shape index (κ1) is 10.9. The molecule has 0 saturated carbocycles. The lowest BCUT2D eigenvalue weighted by Gasteiger charge is -2.09. The van der Waals surface area contributed by atoms with Gasteiger partial charge in [0, 0.05) is 11.6 Å². The van der Waals surface area contributed by atoms with Gasteiger partial charge >= 0.3 is 0 Å². The van der Waals surface area contributed by atoms with Crippen LogP contribution >= 0.6 is 0 Å². The van der Waals surface area contributed by atoms with Crippen LogP contribution in [0.4, 0.5) is 0 Å². The maximum absolute atomic E-state index is 9.58. The molecule has 0 fully saturated rings. The summed E-state index contributed by atoms with van der Waals surface area (Å²) in [6.45, 7) is 4.34. The summed E-state index contributed by atoms with van der Waals surface area (Å²) in [4.78, 5) is 0. The molecule has 0 atom stereocenters. The minimum Gasteiger partial charge on any atom is -0.507 e. The second-order valence-corrected chi connectivity index (χ2v) is 3.35. The summed E-state index contributed by atoms with van der Waals surface area (Å²) in [6, 6.07) is 5.19. The minimum absolute atomic E-state index is 0.163. The van der Waals surface area contributed by atoms with Gasteiger partial charge in [-0.2, -0.15) is 0 Å². The number of hydrogen-bond acceptors (Lipinski definition) is 3. The topological polar surface area (TPSA) is 38.7 Å². The Morgan fingerprint density at radius 1 is 1.36 bits per heavy atom. The van der Waals surface area contributed by atoms with E-state index in [9.17, 15) is 5.11 Å².